The van der Waals surface area contributed by atoms with E-state index in [2.05, 4.69) is 15.4 Å². The van der Waals surface area contributed by atoms with Crippen LogP contribution in [0, 0.1) is 0 Å². The molecule has 0 saturated carbocycles. The molecule has 3 N–H and O–H groups in total. The van der Waals surface area contributed by atoms with Crippen LogP contribution >= 0.6 is 11.3 Å². The lowest BCUT2D eigenvalue weighted by molar-refractivity contribution is 0.338. The van der Waals surface area contributed by atoms with Crippen molar-refractivity contribution in [1.29, 1.82) is 0 Å². The molecule has 17 heavy (non-hydrogen) atoms. The summed E-state index contributed by atoms with van der Waals surface area (Å²) < 4.78 is 5.42. The Kier molecular flexibility index (Phi) is 4.03. The number of pyridine rings is 1. The van der Waals surface area contributed by atoms with Gasteiger partial charge in [0.1, 0.15) is 5.75 Å². The van der Waals surface area contributed by atoms with E-state index in [0.29, 0.717) is 6.61 Å². The third-order valence-electron chi connectivity index (χ3n) is 2.28. The van der Waals surface area contributed by atoms with Crippen LogP contribution in [0.1, 0.15) is 23.4 Å². The van der Waals surface area contributed by atoms with Crippen LogP contribution in [-0.4, -0.2) is 16.6 Å². The van der Waals surface area contributed by atoms with E-state index < -0.39 is 0 Å². The monoisotopic (exact) mass is 250 g/mol. The van der Waals surface area contributed by atoms with Gasteiger partial charge in [-0.15, -0.1) is 11.3 Å². The second-order valence-corrected chi connectivity index (χ2v) is 4.31. The summed E-state index contributed by atoms with van der Waals surface area (Å²) in [5.74, 6) is 6.33. The van der Waals surface area contributed by atoms with Gasteiger partial charge < -0.3 is 4.74 Å². The van der Waals surface area contributed by atoms with Crippen molar-refractivity contribution < 1.29 is 4.74 Å². The summed E-state index contributed by atoms with van der Waals surface area (Å²) in [6, 6.07) is 1.83. The molecule has 0 aliphatic carbocycles. The molecular weight excluding hydrogens is 236 g/mol. The van der Waals surface area contributed by atoms with Gasteiger partial charge in [0.2, 0.25) is 0 Å². The van der Waals surface area contributed by atoms with Crippen molar-refractivity contribution in [2.75, 3.05) is 6.61 Å². The number of thiazole rings is 1. The Morgan fingerprint density at radius 3 is 2.94 bits per heavy atom. The fraction of sp³-hybridized carbons (Fsp3) is 0.273. The number of hydrogen-bond acceptors (Lipinski definition) is 6. The number of nitrogens with zero attached hydrogens (tertiary/aromatic N) is 2. The van der Waals surface area contributed by atoms with Crippen molar-refractivity contribution in [3.63, 3.8) is 0 Å². The van der Waals surface area contributed by atoms with Gasteiger partial charge in [-0.3, -0.25) is 15.8 Å². The predicted octanol–water partition coefficient (Wildman–Crippen LogP) is 1.49. The first-order valence-corrected chi connectivity index (χ1v) is 6.15. The maximum atomic E-state index is 5.58. The largest absolute Gasteiger partial charge is 0.492 e. The van der Waals surface area contributed by atoms with E-state index in [1.807, 2.05) is 13.0 Å². The maximum absolute atomic E-state index is 5.58. The number of rotatable bonds is 5. The smallest absolute Gasteiger partial charge is 0.137 e. The average Bonchev–Trinajstić information content (AvgIpc) is 2.85. The highest BCUT2D eigenvalue weighted by Gasteiger charge is 2.14. The first-order valence-electron chi connectivity index (χ1n) is 5.27. The Bertz CT molecular complexity index is 460. The molecule has 0 saturated heterocycles. The second kappa shape index (κ2) is 5.72. The summed E-state index contributed by atoms with van der Waals surface area (Å²) in [6.07, 6.45) is 5.25. The molecule has 0 fully saturated rings. The molecule has 2 rings (SSSR count). The van der Waals surface area contributed by atoms with Gasteiger partial charge in [-0.05, 0) is 18.6 Å². The Balaban J connectivity index is 2.28. The van der Waals surface area contributed by atoms with Gasteiger partial charge in [-0.25, -0.2) is 5.43 Å². The second-order valence-electron chi connectivity index (χ2n) is 3.39. The van der Waals surface area contributed by atoms with E-state index in [-0.39, 0.29) is 6.04 Å². The number of ether oxygens (including phenoxy) is 1. The summed E-state index contributed by atoms with van der Waals surface area (Å²) in [6.45, 7) is 2.56. The Morgan fingerprint density at radius 2 is 2.29 bits per heavy atom. The van der Waals surface area contributed by atoms with Gasteiger partial charge >= 0.3 is 0 Å². The van der Waals surface area contributed by atoms with Crippen LogP contribution in [0.4, 0.5) is 0 Å². The van der Waals surface area contributed by atoms with E-state index in [9.17, 15) is 0 Å². The average molecular weight is 250 g/mol. The van der Waals surface area contributed by atoms with Gasteiger partial charge in [-0.2, -0.15) is 0 Å². The SMILES string of the molecule is CCOc1cncc(C(NN)c2cncs2)c1. The lowest BCUT2D eigenvalue weighted by Gasteiger charge is -2.14. The van der Waals surface area contributed by atoms with E-state index in [1.54, 1.807) is 35.4 Å². The summed E-state index contributed by atoms with van der Waals surface area (Å²) in [5.41, 5.74) is 5.50. The van der Waals surface area contributed by atoms with E-state index in [0.717, 1.165) is 16.2 Å². The van der Waals surface area contributed by atoms with Crippen molar-refractivity contribution >= 4 is 11.3 Å². The quantitative estimate of drug-likeness (QED) is 0.621. The molecule has 6 heteroatoms. The molecule has 1 unspecified atom stereocenters. The molecule has 5 nitrogen and oxygen atoms in total. The zero-order valence-corrected chi connectivity index (χ0v) is 10.3. The Hall–Kier alpha value is -1.50. The summed E-state index contributed by atoms with van der Waals surface area (Å²) in [4.78, 5) is 9.24. The van der Waals surface area contributed by atoms with Crippen LogP contribution in [0.15, 0.2) is 30.2 Å². The molecule has 0 bridgehead atoms. The topological polar surface area (TPSA) is 73.1 Å². The van der Waals surface area contributed by atoms with Gasteiger partial charge in [0.05, 0.1) is 24.4 Å². The van der Waals surface area contributed by atoms with E-state index >= 15 is 0 Å². The van der Waals surface area contributed by atoms with Gasteiger partial charge in [0, 0.05) is 17.3 Å². The first kappa shape index (κ1) is 12.0. The minimum absolute atomic E-state index is 0.101. The van der Waals surface area contributed by atoms with Gasteiger partial charge in [-0.1, -0.05) is 0 Å². The fourth-order valence-electron chi connectivity index (χ4n) is 1.55. The number of hydrazine groups is 1. The highest BCUT2D eigenvalue weighted by molar-refractivity contribution is 7.09. The molecule has 0 aromatic carbocycles. The van der Waals surface area contributed by atoms with Crippen LogP contribution in [0.25, 0.3) is 0 Å². The molecule has 0 aliphatic rings. The third-order valence-corrected chi connectivity index (χ3v) is 3.12. The summed E-state index contributed by atoms with van der Waals surface area (Å²) >= 11 is 1.55. The first-order chi connectivity index (χ1) is 8.35. The number of nitrogens with two attached hydrogens (primary N) is 1. The molecule has 0 radical (unpaired) electrons. The van der Waals surface area contributed by atoms with Crippen LogP contribution in [0.3, 0.4) is 0 Å². The van der Waals surface area contributed by atoms with Crippen molar-refractivity contribution in [2.24, 2.45) is 5.84 Å². The highest BCUT2D eigenvalue weighted by Crippen LogP contribution is 2.25. The lowest BCUT2D eigenvalue weighted by Crippen LogP contribution is -2.28. The summed E-state index contributed by atoms with van der Waals surface area (Å²) in [5, 5.41) is 0. The summed E-state index contributed by atoms with van der Waals surface area (Å²) in [7, 11) is 0. The lowest BCUT2D eigenvalue weighted by atomic mass is 10.1. The number of hydrogen-bond donors (Lipinski definition) is 2. The zero-order valence-electron chi connectivity index (χ0n) is 9.46. The minimum atomic E-state index is -0.101. The van der Waals surface area contributed by atoms with Crippen molar-refractivity contribution in [2.45, 2.75) is 13.0 Å². The van der Waals surface area contributed by atoms with Gasteiger partial charge in [0.15, 0.2) is 0 Å². The third kappa shape index (κ3) is 2.79. The molecule has 1 atom stereocenters. The highest BCUT2D eigenvalue weighted by atomic mass is 32.1. The van der Waals surface area contributed by atoms with Crippen LogP contribution in [0.2, 0.25) is 0 Å². The maximum Gasteiger partial charge on any atom is 0.137 e. The normalized spacial score (nSPS) is 12.4. The molecule has 0 aliphatic heterocycles. The van der Waals surface area contributed by atoms with E-state index in [4.69, 9.17) is 10.6 Å². The Labute approximate surface area is 104 Å². The predicted molar refractivity (Wildman–Crippen MR) is 66.7 cm³/mol. The van der Waals surface area contributed by atoms with Crippen LogP contribution < -0.4 is 16.0 Å². The molecule has 0 spiro atoms. The fourth-order valence-corrected chi connectivity index (χ4v) is 2.26. The minimum Gasteiger partial charge on any atom is -0.492 e. The molecule has 2 heterocycles. The molecule has 90 valence electrons. The molecule has 2 aromatic rings. The van der Waals surface area contributed by atoms with Crippen molar-refractivity contribution in [3.05, 3.63) is 40.6 Å². The van der Waals surface area contributed by atoms with Crippen molar-refractivity contribution in [3.8, 4) is 5.75 Å². The zero-order chi connectivity index (χ0) is 12.1. The standard InChI is InChI=1S/C11H14N4OS/c1-2-16-9-3-8(4-13-5-9)11(15-12)10-6-14-7-17-10/h3-7,11,15H,2,12H2,1H3. The van der Waals surface area contributed by atoms with Crippen LogP contribution in [-0.2, 0) is 0 Å². The molecule has 0 amide bonds. The number of nitrogens with one attached hydrogen (secondary N) is 1. The van der Waals surface area contributed by atoms with Crippen molar-refractivity contribution in [1.82, 2.24) is 15.4 Å². The van der Waals surface area contributed by atoms with Crippen LogP contribution in [0.5, 0.6) is 5.75 Å². The number of aromatic nitrogens is 2. The molecule has 2 aromatic heterocycles. The molecular formula is C11H14N4OS. The van der Waals surface area contributed by atoms with E-state index in [1.165, 1.54) is 0 Å². The Morgan fingerprint density at radius 1 is 1.41 bits per heavy atom. The van der Waals surface area contributed by atoms with Gasteiger partial charge in [0.25, 0.3) is 0 Å².